The zero-order chi connectivity index (χ0) is 13.2. The predicted molar refractivity (Wildman–Crippen MR) is 75.3 cm³/mol. The minimum absolute atomic E-state index is 0.639. The van der Waals surface area contributed by atoms with E-state index in [1.807, 2.05) is 0 Å². The number of hydrogen-bond donors (Lipinski definition) is 2. The Morgan fingerprint density at radius 3 is 3.16 bits per heavy atom. The van der Waals surface area contributed by atoms with Gasteiger partial charge in [-0.3, -0.25) is 5.10 Å². The van der Waals surface area contributed by atoms with Crippen molar-refractivity contribution in [2.24, 2.45) is 5.73 Å². The molecule has 2 heterocycles. The van der Waals surface area contributed by atoms with Crippen LogP contribution in [0.25, 0.3) is 11.3 Å². The number of nitrogens with zero attached hydrogens (tertiary/aromatic N) is 1. The van der Waals surface area contributed by atoms with Gasteiger partial charge in [-0.15, -0.1) is 0 Å². The van der Waals surface area contributed by atoms with Gasteiger partial charge in [-0.2, -0.15) is 5.10 Å². The lowest BCUT2D eigenvalue weighted by molar-refractivity contribution is 0.288. The fourth-order valence-electron chi connectivity index (χ4n) is 2.61. The van der Waals surface area contributed by atoms with Crippen molar-refractivity contribution in [1.29, 1.82) is 0 Å². The quantitative estimate of drug-likeness (QED) is 0.886. The molecule has 1 aliphatic rings. The SMILES string of the molecule is Cc1c(-c2ccc3c(c2)CCCO3)n[nH]c1CCN. The smallest absolute Gasteiger partial charge is 0.122 e. The molecular weight excluding hydrogens is 238 g/mol. The third-order valence-electron chi connectivity index (χ3n) is 3.69. The standard InChI is InChI=1S/C15H19N3O/c1-10-13(6-7-16)17-18-15(10)12-4-5-14-11(9-12)3-2-8-19-14/h4-5,9H,2-3,6-8,16H2,1H3,(H,17,18). The number of nitrogens with two attached hydrogens (primary N) is 1. The highest BCUT2D eigenvalue weighted by Crippen LogP contribution is 2.31. The number of ether oxygens (including phenoxy) is 1. The summed E-state index contributed by atoms with van der Waals surface area (Å²) in [6.07, 6.45) is 3.02. The molecule has 0 amide bonds. The second kappa shape index (κ2) is 5.05. The van der Waals surface area contributed by atoms with Gasteiger partial charge >= 0.3 is 0 Å². The molecule has 4 heteroatoms. The Balaban J connectivity index is 1.98. The lowest BCUT2D eigenvalue weighted by Gasteiger charge is -2.17. The number of rotatable bonds is 3. The van der Waals surface area contributed by atoms with Gasteiger partial charge in [-0.05, 0) is 55.6 Å². The first kappa shape index (κ1) is 12.2. The van der Waals surface area contributed by atoms with Gasteiger partial charge in [-0.25, -0.2) is 0 Å². The van der Waals surface area contributed by atoms with Crippen LogP contribution in [-0.2, 0) is 12.8 Å². The predicted octanol–water partition coefficient (Wildman–Crippen LogP) is 2.21. The van der Waals surface area contributed by atoms with E-state index in [-0.39, 0.29) is 0 Å². The number of hydrogen-bond acceptors (Lipinski definition) is 3. The van der Waals surface area contributed by atoms with E-state index in [0.717, 1.165) is 48.6 Å². The van der Waals surface area contributed by atoms with Gasteiger partial charge in [0.2, 0.25) is 0 Å². The Labute approximate surface area is 113 Å². The molecule has 2 aromatic rings. The van der Waals surface area contributed by atoms with Crippen LogP contribution in [0.3, 0.4) is 0 Å². The number of benzene rings is 1. The van der Waals surface area contributed by atoms with E-state index >= 15 is 0 Å². The summed E-state index contributed by atoms with van der Waals surface area (Å²) in [7, 11) is 0. The van der Waals surface area contributed by atoms with Crippen LogP contribution in [0, 0.1) is 6.92 Å². The molecule has 1 aromatic heterocycles. The van der Waals surface area contributed by atoms with Crippen LogP contribution in [0.1, 0.15) is 23.2 Å². The zero-order valence-electron chi connectivity index (χ0n) is 11.2. The largest absolute Gasteiger partial charge is 0.493 e. The van der Waals surface area contributed by atoms with E-state index in [1.54, 1.807) is 0 Å². The summed E-state index contributed by atoms with van der Waals surface area (Å²) in [5, 5.41) is 7.52. The summed E-state index contributed by atoms with van der Waals surface area (Å²) in [5.41, 5.74) is 11.4. The fourth-order valence-corrected chi connectivity index (χ4v) is 2.61. The average molecular weight is 257 g/mol. The molecule has 0 radical (unpaired) electrons. The molecule has 19 heavy (non-hydrogen) atoms. The van der Waals surface area contributed by atoms with Gasteiger partial charge in [-0.1, -0.05) is 0 Å². The number of aromatic nitrogens is 2. The van der Waals surface area contributed by atoms with Crippen molar-refractivity contribution < 1.29 is 4.74 Å². The normalized spacial score (nSPS) is 14.0. The third-order valence-corrected chi connectivity index (χ3v) is 3.69. The fraction of sp³-hybridized carbons (Fsp3) is 0.400. The molecule has 1 aromatic carbocycles. The summed E-state index contributed by atoms with van der Waals surface area (Å²) in [6.45, 7) is 3.56. The maximum absolute atomic E-state index is 5.64. The van der Waals surface area contributed by atoms with E-state index in [1.165, 1.54) is 11.1 Å². The highest BCUT2D eigenvalue weighted by Gasteiger charge is 2.15. The zero-order valence-corrected chi connectivity index (χ0v) is 11.2. The van der Waals surface area contributed by atoms with Gasteiger partial charge in [0, 0.05) is 17.7 Å². The molecule has 4 nitrogen and oxygen atoms in total. The van der Waals surface area contributed by atoms with Crippen molar-refractivity contribution in [2.75, 3.05) is 13.2 Å². The van der Waals surface area contributed by atoms with Crippen LogP contribution in [0.2, 0.25) is 0 Å². The van der Waals surface area contributed by atoms with Crippen molar-refractivity contribution in [3.8, 4) is 17.0 Å². The number of fused-ring (bicyclic) bond motifs is 1. The monoisotopic (exact) mass is 257 g/mol. The number of nitrogens with one attached hydrogen (secondary N) is 1. The Morgan fingerprint density at radius 1 is 1.42 bits per heavy atom. The van der Waals surface area contributed by atoms with Crippen molar-refractivity contribution in [3.63, 3.8) is 0 Å². The van der Waals surface area contributed by atoms with Gasteiger partial charge < -0.3 is 10.5 Å². The minimum atomic E-state index is 0.639. The highest BCUT2D eigenvalue weighted by molar-refractivity contribution is 5.66. The summed E-state index contributed by atoms with van der Waals surface area (Å²) in [4.78, 5) is 0. The van der Waals surface area contributed by atoms with Crippen LogP contribution < -0.4 is 10.5 Å². The summed E-state index contributed by atoms with van der Waals surface area (Å²) < 4.78 is 5.64. The second-order valence-electron chi connectivity index (χ2n) is 4.99. The molecule has 0 bridgehead atoms. The molecule has 1 aliphatic heterocycles. The Morgan fingerprint density at radius 2 is 2.32 bits per heavy atom. The lowest BCUT2D eigenvalue weighted by atomic mass is 9.99. The second-order valence-corrected chi connectivity index (χ2v) is 4.99. The first-order valence-corrected chi connectivity index (χ1v) is 6.79. The van der Waals surface area contributed by atoms with E-state index < -0.39 is 0 Å². The molecule has 3 N–H and O–H groups in total. The average Bonchev–Trinajstić information content (AvgIpc) is 2.80. The molecule has 0 atom stereocenters. The summed E-state index contributed by atoms with van der Waals surface area (Å²) in [5.74, 6) is 1.02. The van der Waals surface area contributed by atoms with Crippen LogP contribution >= 0.6 is 0 Å². The highest BCUT2D eigenvalue weighted by atomic mass is 16.5. The van der Waals surface area contributed by atoms with E-state index in [4.69, 9.17) is 10.5 Å². The molecule has 0 unspecified atom stereocenters. The van der Waals surface area contributed by atoms with Gasteiger partial charge in [0.25, 0.3) is 0 Å². The lowest BCUT2D eigenvalue weighted by Crippen LogP contribution is -2.08. The maximum Gasteiger partial charge on any atom is 0.122 e. The molecule has 0 aliphatic carbocycles. The first-order valence-electron chi connectivity index (χ1n) is 6.79. The topological polar surface area (TPSA) is 63.9 Å². The molecule has 3 rings (SSSR count). The summed E-state index contributed by atoms with van der Waals surface area (Å²) >= 11 is 0. The van der Waals surface area contributed by atoms with Gasteiger partial charge in [0.05, 0.1) is 12.3 Å². The van der Waals surface area contributed by atoms with E-state index in [9.17, 15) is 0 Å². The summed E-state index contributed by atoms with van der Waals surface area (Å²) in [6, 6.07) is 6.34. The van der Waals surface area contributed by atoms with E-state index in [2.05, 4.69) is 35.3 Å². The Bertz CT molecular complexity index is 589. The molecule has 0 saturated carbocycles. The number of aryl methyl sites for hydroxylation is 1. The molecular formula is C15H19N3O. The van der Waals surface area contributed by atoms with Crippen molar-refractivity contribution in [3.05, 3.63) is 35.0 Å². The van der Waals surface area contributed by atoms with Gasteiger partial charge in [0.1, 0.15) is 5.75 Å². The third kappa shape index (κ3) is 2.24. The van der Waals surface area contributed by atoms with Crippen LogP contribution in [0.5, 0.6) is 5.75 Å². The molecule has 0 fully saturated rings. The van der Waals surface area contributed by atoms with E-state index in [0.29, 0.717) is 6.54 Å². The van der Waals surface area contributed by atoms with Crippen LogP contribution in [0.15, 0.2) is 18.2 Å². The molecule has 0 saturated heterocycles. The van der Waals surface area contributed by atoms with Crippen molar-refractivity contribution in [2.45, 2.75) is 26.2 Å². The minimum Gasteiger partial charge on any atom is -0.493 e. The van der Waals surface area contributed by atoms with Crippen molar-refractivity contribution >= 4 is 0 Å². The Kier molecular flexibility index (Phi) is 3.25. The number of aromatic amines is 1. The molecule has 0 spiro atoms. The first-order chi connectivity index (χ1) is 9.29. The van der Waals surface area contributed by atoms with Crippen molar-refractivity contribution in [1.82, 2.24) is 10.2 Å². The Hall–Kier alpha value is -1.81. The maximum atomic E-state index is 5.64. The van der Waals surface area contributed by atoms with Gasteiger partial charge in [0.15, 0.2) is 0 Å². The molecule has 100 valence electrons. The number of H-pyrrole nitrogens is 1. The van der Waals surface area contributed by atoms with Crippen LogP contribution in [0.4, 0.5) is 0 Å². The van der Waals surface area contributed by atoms with Crippen LogP contribution in [-0.4, -0.2) is 23.3 Å².